The summed E-state index contributed by atoms with van der Waals surface area (Å²) in [4.78, 5) is 13.4. The van der Waals surface area contributed by atoms with E-state index < -0.39 is 24.6 Å². The molecule has 23 heavy (non-hydrogen) atoms. The molecule has 0 atom stereocenters. The van der Waals surface area contributed by atoms with Gasteiger partial charge in [-0.15, -0.1) is 0 Å². The highest BCUT2D eigenvalue weighted by Crippen LogP contribution is 2.38. The van der Waals surface area contributed by atoms with Gasteiger partial charge in [-0.3, -0.25) is 4.79 Å². The molecular formula is C15H19F3N2O3. The first kappa shape index (κ1) is 17.4. The molecule has 0 spiro atoms. The maximum atomic E-state index is 12.7. The van der Waals surface area contributed by atoms with Crippen LogP contribution < -0.4 is 10.1 Å². The Morgan fingerprint density at radius 1 is 1.35 bits per heavy atom. The van der Waals surface area contributed by atoms with Crippen LogP contribution in [0.1, 0.15) is 12.8 Å². The lowest BCUT2D eigenvalue weighted by Gasteiger charge is -2.39. The van der Waals surface area contributed by atoms with Gasteiger partial charge in [-0.05, 0) is 12.1 Å². The molecule has 0 saturated carbocycles. The number of nitrogens with zero attached hydrogens (tertiary/aromatic N) is 1. The van der Waals surface area contributed by atoms with Crippen LogP contribution in [-0.2, 0) is 4.79 Å². The van der Waals surface area contributed by atoms with Crippen molar-refractivity contribution in [1.29, 1.82) is 0 Å². The Balaban J connectivity index is 1.89. The summed E-state index contributed by atoms with van der Waals surface area (Å²) < 4.78 is 43.3. The maximum absolute atomic E-state index is 12.7. The number of nitrogens with one attached hydrogen (secondary N) is 1. The van der Waals surface area contributed by atoms with Gasteiger partial charge in [0.05, 0.1) is 19.3 Å². The molecule has 1 amide bonds. The highest BCUT2D eigenvalue weighted by Gasteiger charge is 2.54. The number of aliphatic hydroxyl groups is 1. The zero-order chi connectivity index (χ0) is 17.1. The van der Waals surface area contributed by atoms with Crippen LogP contribution in [0, 0.1) is 0 Å². The number of hydrogen-bond donors (Lipinski definition) is 2. The fourth-order valence-corrected chi connectivity index (χ4v) is 2.48. The number of benzene rings is 1. The largest absolute Gasteiger partial charge is 0.495 e. The Hall–Kier alpha value is -1.96. The van der Waals surface area contributed by atoms with Gasteiger partial charge in [0, 0.05) is 25.9 Å². The quantitative estimate of drug-likeness (QED) is 0.886. The zero-order valence-electron chi connectivity index (χ0n) is 12.7. The van der Waals surface area contributed by atoms with Crippen LogP contribution in [0.4, 0.5) is 18.9 Å². The van der Waals surface area contributed by atoms with E-state index in [-0.39, 0.29) is 25.5 Å². The van der Waals surface area contributed by atoms with Gasteiger partial charge in [0.2, 0.25) is 5.91 Å². The van der Waals surface area contributed by atoms with Crippen molar-refractivity contribution in [2.24, 2.45) is 0 Å². The van der Waals surface area contributed by atoms with Gasteiger partial charge >= 0.3 is 6.18 Å². The minimum absolute atomic E-state index is 0.0508. The number of halogens is 3. The van der Waals surface area contributed by atoms with Crippen molar-refractivity contribution in [3.8, 4) is 5.75 Å². The van der Waals surface area contributed by atoms with Gasteiger partial charge in [0.25, 0.3) is 0 Å². The predicted octanol–water partition coefficient (Wildman–Crippen LogP) is 2.02. The SMILES string of the molecule is COc1ccccc1NCC(=O)N1CCC(O)(C(F)(F)F)CC1. The molecule has 0 unspecified atom stereocenters. The first-order valence-corrected chi connectivity index (χ1v) is 7.20. The third-order valence-electron chi connectivity index (χ3n) is 4.01. The molecule has 5 nitrogen and oxygen atoms in total. The van der Waals surface area contributed by atoms with Crippen molar-refractivity contribution in [3.05, 3.63) is 24.3 Å². The number of likely N-dealkylation sites (tertiary alicyclic amines) is 1. The number of carbonyl (C=O) groups excluding carboxylic acids is 1. The molecule has 128 valence electrons. The van der Waals surface area contributed by atoms with Crippen LogP contribution in [0.25, 0.3) is 0 Å². The number of rotatable bonds is 4. The van der Waals surface area contributed by atoms with E-state index in [1.54, 1.807) is 24.3 Å². The molecule has 0 bridgehead atoms. The summed E-state index contributed by atoms with van der Waals surface area (Å²) in [5.74, 6) is 0.255. The average molecular weight is 332 g/mol. The molecule has 1 aromatic rings. The lowest BCUT2D eigenvalue weighted by Crippen LogP contribution is -2.55. The van der Waals surface area contributed by atoms with Crippen LogP contribution in [0.5, 0.6) is 5.75 Å². The van der Waals surface area contributed by atoms with Crippen LogP contribution in [0.15, 0.2) is 24.3 Å². The molecule has 0 aliphatic carbocycles. The topological polar surface area (TPSA) is 61.8 Å². The second-order valence-corrected chi connectivity index (χ2v) is 5.46. The van der Waals surface area contributed by atoms with Gasteiger partial charge in [0.15, 0.2) is 5.60 Å². The lowest BCUT2D eigenvalue weighted by molar-refractivity contribution is -0.272. The third kappa shape index (κ3) is 3.87. The monoisotopic (exact) mass is 332 g/mol. The molecule has 2 rings (SSSR count). The summed E-state index contributed by atoms with van der Waals surface area (Å²) in [5, 5.41) is 12.5. The van der Waals surface area contributed by atoms with Gasteiger partial charge in [-0.1, -0.05) is 12.1 Å². The summed E-state index contributed by atoms with van der Waals surface area (Å²) in [6.45, 7) is -0.296. The van der Waals surface area contributed by atoms with E-state index in [2.05, 4.69) is 5.32 Å². The highest BCUT2D eigenvalue weighted by atomic mass is 19.4. The van der Waals surface area contributed by atoms with Crippen molar-refractivity contribution < 1.29 is 27.8 Å². The summed E-state index contributed by atoms with van der Waals surface area (Å²) in [6.07, 6.45) is -5.68. The first-order chi connectivity index (χ1) is 10.8. The minimum Gasteiger partial charge on any atom is -0.495 e. The van der Waals surface area contributed by atoms with Gasteiger partial charge in [-0.2, -0.15) is 13.2 Å². The third-order valence-corrected chi connectivity index (χ3v) is 4.01. The number of piperidine rings is 1. The van der Waals surface area contributed by atoms with Crippen LogP contribution >= 0.6 is 0 Å². The Morgan fingerprint density at radius 3 is 2.52 bits per heavy atom. The average Bonchev–Trinajstić information content (AvgIpc) is 2.52. The Kier molecular flexibility index (Phi) is 5.03. The Morgan fingerprint density at radius 2 is 1.96 bits per heavy atom. The van der Waals surface area contributed by atoms with E-state index in [0.717, 1.165) is 0 Å². The first-order valence-electron chi connectivity index (χ1n) is 7.20. The zero-order valence-corrected chi connectivity index (χ0v) is 12.7. The number of carbonyl (C=O) groups is 1. The standard InChI is InChI=1S/C15H19F3N2O3/c1-23-12-5-3-2-4-11(12)19-10-13(21)20-8-6-14(22,7-9-20)15(16,17)18/h2-5,19,22H,6-10H2,1H3. The Labute approximate surface area is 132 Å². The van der Waals surface area contributed by atoms with Crippen molar-refractivity contribution in [2.75, 3.05) is 32.1 Å². The second kappa shape index (κ2) is 6.66. The van der Waals surface area contributed by atoms with E-state index in [1.165, 1.54) is 12.0 Å². The van der Waals surface area contributed by atoms with E-state index in [0.29, 0.717) is 11.4 Å². The fraction of sp³-hybridized carbons (Fsp3) is 0.533. The summed E-state index contributed by atoms with van der Waals surface area (Å²) in [6, 6.07) is 7.04. The number of ether oxygens (including phenoxy) is 1. The lowest BCUT2D eigenvalue weighted by atomic mass is 9.91. The molecular weight excluding hydrogens is 313 g/mol. The van der Waals surface area contributed by atoms with Crippen molar-refractivity contribution >= 4 is 11.6 Å². The number of methoxy groups -OCH3 is 1. The van der Waals surface area contributed by atoms with Gasteiger partial charge < -0.3 is 20.1 Å². The number of alkyl halides is 3. The Bertz CT molecular complexity index is 555. The molecule has 1 aliphatic rings. The van der Waals surface area contributed by atoms with Crippen LogP contribution in [0.3, 0.4) is 0 Å². The molecule has 0 aromatic heterocycles. The molecule has 8 heteroatoms. The van der Waals surface area contributed by atoms with E-state index in [4.69, 9.17) is 4.74 Å². The summed E-state index contributed by atoms with van der Waals surface area (Å²) in [5.41, 5.74) is -2.06. The molecule has 1 aliphatic heterocycles. The van der Waals surface area contributed by atoms with E-state index >= 15 is 0 Å². The summed E-state index contributed by atoms with van der Waals surface area (Å²) >= 11 is 0. The minimum atomic E-state index is -4.67. The van der Waals surface area contributed by atoms with Crippen molar-refractivity contribution in [2.45, 2.75) is 24.6 Å². The maximum Gasteiger partial charge on any atom is 0.417 e. The molecule has 1 saturated heterocycles. The molecule has 1 fully saturated rings. The van der Waals surface area contributed by atoms with Crippen molar-refractivity contribution in [1.82, 2.24) is 4.90 Å². The predicted molar refractivity (Wildman–Crippen MR) is 78.3 cm³/mol. The van der Waals surface area contributed by atoms with Gasteiger partial charge in [0.1, 0.15) is 5.75 Å². The van der Waals surface area contributed by atoms with E-state index in [1.807, 2.05) is 0 Å². The number of hydrogen-bond acceptors (Lipinski definition) is 4. The summed E-state index contributed by atoms with van der Waals surface area (Å²) in [7, 11) is 1.50. The van der Waals surface area contributed by atoms with Gasteiger partial charge in [-0.25, -0.2) is 0 Å². The number of amides is 1. The molecule has 1 heterocycles. The molecule has 2 N–H and O–H groups in total. The second-order valence-electron chi connectivity index (χ2n) is 5.46. The normalized spacial score (nSPS) is 17.7. The molecule has 1 aromatic carbocycles. The van der Waals surface area contributed by atoms with Crippen LogP contribution in [-0.4, -0.2) is 54.4 Å². The highest BCUT2D eigenvalue weighted by molar-refractivity contribution is 5.81. The van der Waals surface area contributed by atoms with E-state index in [9.17, 15) is 23.1 Å². The number of para-hydroxylation sites is 2. The van der Waals surface area contributed by atoms with Crippen molar-refractivity contribution in [3.63, 3.8) is 0 Å². The number of anilines is 1. The fourth-order valence-electron chi connectivity index (χ4n) is 2.48. The smallest absolute Gasteiger partial charge is 0.417 e. The van der Waals surface area contributed by atoms with Crippen LogP contribution in [0.2, 0.25) is 0 Å². The molecule has 0 radical (unpaired) electrons.